The topological polar surface area (TPSA) is 174 Å². The number of nitrogens with two attached hydrogens (primary N) is 1. The van der Waals surface area contributed by atoms with E-state index < -0.39 is 59.1 Å². The molecule has 0 spiro atoms. The maximum Gasteiger partial charge on any atom is 0.362 e. The molecule has 0 aromatic carbocycles. The Kier molecular flexibility index (Phi) is 11.0. The van der Waals surface area contributed by atoms with Gasteiger partial charge in [0, 0.05) is 12.0 Å². The van der Waals surface area contributed by atoms with Crippen LogP contribution in [0.5, 0.6) is 0 Å². The highest BCUT2D eigenvalue weighted by molar-refractivity contribution is 7.85. The number of carbonyl (C=O) groups is 2. The number of nitrogens with one attached hydrogen (secondary N) is 1. The lowest BCUT2D eigenvalue weighted by molar-refractivity contribution is -0.168. The first kappa shape index (κ1) is 27.5. The van der Waals surface area contributed by atoms with Gasteiger partial charge in [0.05, 0.1) is 38.1 Å². The van der Waals surface area contributed by atoms with Gasteiger partial charge >= 0.3 is 16.3 Å². The SMILES string of the molecule is CCOC(=O)/C=C(\C)C[C@@H]1OC[C@H](COS(=O)(=O)NC(=O)[C@H](N)[C@H](C)CC)[C@@H](O)[C@H]1O. The van der Waals surface area contributed by atoms with Crippen LogP contribution in [0.15, 0.2) is 11.6 Å². The van der Waals surface area contributed by atoms with Crippen LogP contribution in [0, 0.1) is 11.8 Å². The molecule has 1 saturated heterocycles. The molecule has 31 heavy (non-hydrogen) atoms. The predicted molar refractivity (Wildman–Crippen MR) is 111 cm³/mol. The van der Waals surface area contributed by atoms with E-state index in [1.54, 1.807) is 25.5 Å². The number of amides is 1. The first-order chi connectivity index (χ1) is 14.4. The summed E-state index contributed by atoms with van der Waals surface area (Å²) in [6, 6.07) is -1.01. The Morgan fingerprint density at radius 1 is 1.29 bits per heavy atom. The van der Waals surface area contributed by atoms with E-state index in [2.05, 4.69) is 0 Å². The highest BCUT2D eigenvalue weighted by Crippen LogP contribution is 2.25. The van der Waals surface area contributed by atoms with E-state index in [9.17, 15) is 28.2 Å². The summed E-state index contributed by atoms with van der Waals surface area (Å²) in [5.41, 5.74) is 6.29. The van der Waals surface area contributed by atoms with Gasteiger partial charge < -0.3 is 25.4 Å². The molecule has 0 aromatic heterocycles. The zero-order chi connectivity index (χ0) is 23.8. The van der Waals surface area contributed by atoms with Gasteiger partial charge in [-0.3, -0.25) is 8.98 Å². The van der Waals surface area contributed by atoms with Gasteiger partial charge in [-0.15, -0.1) is 0 Å². The zero-order valence-electron chi connectivity index (χ0n) is 18.3. The van der Waals surface area contributed by atoms with Crippen LogP contribution in [0.3, 0.4) is 0 Å². The van der Waals surface area contributed by atoms with Gasteiger partial charge in [0.25, 0.3) is 5.91 Å². The van der Waals surface area contributed by atoms with Crippen LogP contribution >= 0.6 is 0 Å². The highest BCUT2D eigenvalue weighted by Gasteiger charge is 2.39. The van der Waals surface area contributed by atoms with E-state index in [1.165, 1.54) is 6.08 Å². The molecule has 6 atom stereocenters. The van der Waals surface area contributed by atoms with Gasteiger partial charge in [-0.25, -0.2) is 9.52 Å². The predicted octanol–water partition coefficient (Wildman–Crippen LogP) is -0.626. The minimum absolute atomic E-state index is 0.0918. The number of aliphatic hydroxyl groups excluding tert-OH is 2. The smallest absolute Gasteiger partial charge is 0.362 e. The number of aliphatic hydroxyl groups is 2. The Balaban J connectivity index is 2.60. The lowest BCUT2D eigenvalue weighted by atomic mass is 9.90. The van der Waals surface area contributed by atoms with E-state index in [4.69, 9.17) is 19.4 Å². The molecule has 0 unspecified atom stereocenters. The number of hydrogen-bond acceptors (Lipinski definition) is 10. The standard InChI is InChI=1S/C19H34N2O9S/c1-5-12(4)16(20)19(25)21-31(26,27)30-10-13-9-29-14(18(24)17(13)23)7-11(3)8-15(22)28-6-2/h8,12-14,16-18,23-24H,5-7,9-10,20H2,1-4H3,(H,21,25)/b11-8+/t12-,13-,14+,16-,17-,18+/m1/s1. The fraction of sp³-hybridized carbons (Fsp3) is 0.789. The molecule has 1 aliphatic rings. The van der Waals surface area contributed by atoms with Crippen LogP contribution in [0.2, 0.25) is 0 Å². The average molecular weight is 467 g/mol. The summed E-state index contributed by atoms with van der Waals surface area (Å²) in [6.07, 6.45) is -1.41. The summed E-state index contributed by atoms with van der Waals surface area (Å²) in [5, 5.41) is 20.7. The van der Waals surface area contributed by atoms with Gasteiger partial charge in [-0.1, -0.05) is 25.8 Å². The Labute approximate surface area is 183 Å². The summed E-state index contributed by atoms with van der Waals surface area (Å²) < 4.78 is 40.9. The zero-order valence-corrected chi connectivity index (χ0v) is 19.1. The number of esters is 1. The van der Waals surface area contributed by atoms with Crippen LogP contribution in [-0.2, 0) is 33.6 Å². The number of rotatable bonds is 11. The minimum Gasteiger partial charge on any atom is -0.463 e. The first-order valence-corrected chi connectivity index (χ1v) is 11.6. The van der Waals surface area contributed by atoms with E-state index in [-0.39, 0.29) is 25.6 Å². The van der Waals surface area contributed by atoms with Crippen LogP contribution in [-0.4, -0.2) is 74.7 Å². The molecular weight excluding hydrogens is 432 g/mol. The fourth-order valence-electron chi connectivity index (χ4n) is 2.94. The van der Waals surface area contributed by atoms with Gasteiger partial charge in [0.2, 0.25) is 0 Å². The van der Waals surface area contributed by atoms with E-state index in [0.29, 0.717) is 12.0 Å². The lowest BCUT2D eigenvalue weighted by Gasteiger charge is -2.37. The molecule has 5 N–H and O–H groups in total. The van der Waals surface area contributed by atoms with Crippen molar-refractivity contribution in [3.8, 4) is 0 Å². The van der Waals surface area contributed by atoms with Crippen molar-refractivity contribution in [2.24, 2.45) is 17.6 Å². The Morgan fingerprint density at radius 2 is 1.94 bits per heavy atom. The molecule has 0 aromatic rings. The molecule has 1 amide bonds. The molecule has 0 bridgehead atoms. The van der Waals surface area contributed by atoms with Gasteiger partial charge in [0.15, 0.2) is 0 Å². The van der Waals surface area contributed by atoms with Crippen molar-refractivity contribution in [3.05, 3.63) is 11.6 Å². The molecule has 1 rings (SSSR count). The maximum absolute atomic E-state index is 12.0. The lowest BCUT2D eigenvalue weighted by Crippen LogP contribution is -2.52. The first-order valence-electron chi connectivity index (χ1n) is 10.2. The van der Waals surface area contributed by atoms with Crippen LogP contribution in [0.25, 0.3) is 0 Å². The van der Waals surface area contributed by atoms with E-state index in [0.717, 1.165) is 0 Å². The van der Waals surface area contributed by atoms with Crippen LogP contribution in [0.4, 0.5) is 0 Å². The van der Waals surface area contributed by atoms with Crippen molar-refractivity contribution >= 4 is 22.2 Å². The monoisotopic (exact) mass is 466 g/mol. The van der Waals surface area contributed by atoms with Gasteiger partial charge in [-0.05, 0) is 26.2 Å². The third kappa shape index (κ3) is 8.83. The quantitative estimate of drug-likeness (QED) is 0.227. The second-order valence-electron chi connectivity index (χ2n) is 7.68. The van der Waals surface area contributed by atoms with Crippen molar-refractivity contribution in [1.29, 1.82) is 0 Å². The number of carbonyl (C=O) groups excluding carboxylic acids is 2. The Bertz CT molecular complexity index is 741. The molecule has 0 saturated carbocycles. The minimum atomic E-state index is -4.45. The number of ether oxygens (including phenoxy) is 2. The third-order valence-corrected chi connectivity index (χ3v) is 6.03. The molecule has 1 aliphatic heterocycles. The summed E-state index contributed by atoms with van der Waals surface area (Å²) in [6.45, 7) is 6.51. The van der Waals surface area contributed by atoms with Gasteiger partial charge in [-0.2, -0.15) is 8.42 Å². The molecule has 1 fully saturated rings. The van der Waals surface area contributed by atoms with Crippen molar-refractivity contribution < 1.29 is 41.9 Å². The van der Waals surface area contributed by atoms with Crippen molar-refractivity contribution in [1.82, 2.24) is 4.72 Å². The number of hydrogen-bond donors (Lipinski definition) is 4. The molecule has 0 aliphatic carbocycles. The maximum atomic E-state index is 12.0. The highest BCUT2D eigenvalue weighted by atomic mass is 32.2. The molecule has 12 heteroatoms. The fourth-order valence-corrected chi connectivity index (χ4v) is 3.74. The van der Waals surface area contributed by atoms with Crippen LogP contribution in [0.1, 0.15) is 40.5 Å². The summed E-state index contributed by atoms with van der Waals surface area (Å²) in [7, 11) is -4.45. The Morgan fingerprint density at radius 3 is 2.52 bits per heavy atom. The third-order valence-electron chi connectivity index (χ3n) is 5.13. The summed E-state index contributed by atoms with van der Waals surface area (Å²) >= 11 is 0. The molecule has 1 heterocycles. The second-order valence-corrected chi connectivity index (χ2v) is 9.02. The average Bonchev–Trinajstić information content (AvgIpc) is 2.69. The molecule has 11 nitrogen and oxygen atoms in total. The molecule has 180 valence electrons. The van der Waals surface area contributed by atoms with Crippen molar-refractivity contribution in [2.45, 2.75) is 64.9 Å². The largest absolute Gasteiger partial charge is 0.463 e. The van der Waals surface area contributed by atoms with E-state index >= 15 is 0 Å². The van der Waals surface area contributed by atoms with Crippen LogP contribution < -0.4 is 10.5 Å². The normalized spacial score (nSPS) is 26.7. The Hall–Kier alpha value is -1.57. The summed E-state index contributed by atoms with van der Waals surface area (Å²) in [4.78, 5) is 23.4. The van der Waals surface area contributed by atoms with Crippen molar-refractivity contribution in [2.75, 3.05) is 19.8 Å². The van der Waals surface area contributed by atoms with Gasteiger partial charge in [0.1, 0.15) is 6.10 Å². The molecular formula is C19H34N2O9S. The molecule has 0 radical (unpaired) electrons. The van der Waals surface area contributed by atoms with E-state index in [1.807, 2.05) is 6.92 Å². The van der Waals surface area contributed by atoms with Crippen molar-refractivity contribution in [3.63, 3.8) is 0 Å². The second kappa shape index (κ2) is 12.5. The summed E-state index contributed by atoms with van der Waals surface area (Å²) in [5.74, 6) is -2.48.